The van der Waals surface area contributed by atoms with E-state index in [1.54, 1.807) is 18.8 Å². The van der Waals surface area contributed by atoms with E-state index in [0.29, 0.717) is 5.75 Å². The lowest BCUT2D eigenvalue weighted by Gasteiger charge is -2.14. The average Bonchev–Trinajstić information content (AvgIpc) is 2.28. The topological polar surface area (TPSA) is 55.1 Å². The Hall–Kier alpha value is -1.00. The van der Waals surface area contributed by atoms with Crippen LogP contribution in [0, 0.1) is 13.8 Å². The quantitative estimate of drug-likeness (QED) is 0.840. The summed E-state index contributed by atoms with van der Waals surface area (Å²) in [6, 6.07) is 6.28. The summed E-state index contributed by atoms with van der Waals surface area (Å²) in [4.78, 5) is 11.1. The molecule has 0 radical (unpaired) electrons. The minimum atomic E-state index is -0.00902. The molecule has 3 N–H and O–H groups in total. The maximum atomic E-state index is 11.1. The zero-order valence-corrected chi connectivity index (χ0v) is 11.4. The molecule has 1 amide bonds. The molecular weight excluding hydrogens is 232 g/mol. The average molecular weight is 252 g/mol. The highest BCUT2D eigenvalue weighted by Crippen LogP contribution is 2.20. The molecule has 0 aromatic heterocycles. The Bertz CT molecular complexity index is 393. The van der Waals surface area contributed by atoms with Gasteiger partial charge in [0, 0.05) is 18.8 Å². The SMILES string of the molecule is CNC(=O)CSCC(N)c1ccc(C)cc1C. The van der Waals surface area contributed by atoms with Crippen LogP contribution in [0.5, 0.6) is 0 Å². The van der Waals surface area contributed by atoms with Crippen molar-refractivity contribution in [3.8, 4) is 0 Å². The van der Waals surface area contributed by atoms with E-state index >= 15 is 0 Å². The molecule has 1 aromatic carbocycles. The summed E-state index contributed by atoms with van der Waals surface area (Å²) in [5.41, 5.74) is 9.75. The number of nitrogens with one attached hydrogen (secondary N) is 1. The second-order valence-electron chi connectivity index (χ2n) is 4.15. The molecule has 0 aliphatic rings. The lowest BCUT2D eigenvalue weighted by atomic mass is 10.0. The van der Waals surface area contributed by atoms with Crippen molar-refractivity contribution in [3.63, 3.8) is 0 Å². The second-order valence-corrected chi connectivity index (χ2v) is 5.19. The number of hydrogen-bond acceptors (Lipinski definition) is 3. The number of aryl methyl sites for hydroxylation is 2. The normalized spacial score (nSPS) is 12.2. The fraction of sp³-hybridized carbons (Fsp3) is 0.462. The first-order valence-electron chi connectivity index (χ1n) is 5.65. The molecule has 1 aromatic rings. The van der Waals surface area contributed by atoms with Gasteiger partial charge in [0.25, 0.3) is 0 Å². The van der Waals surface area contributed by atoms with Crippen LogP contribution in [0.2, 0.25) is 0 Å². The van der Waals surface area contributed by atoms with Crippen LogP contribution in [0.1, 0.15) is 22.7 Å². The first-order chi connectivity index (χ1) is 8.04. The van der Waals surface area contributed by atoms with Crippen molar-refractivity contribution < 1.29 is 4.79 Å². The van der Waals surface area contributed by atoms with E-state index in [4.69, 9.17) is 5.73 Å². The maximum absolute atomic E-state index is 11.1. The molecule has 0 heterocycles. The Morgan fingerprint density at radius 1 is 1.47 bits per heavy atom. The van der Waals surface area contributed by atoms with Gasteiger partial charge in [0.1, 0.15) is 0 Å². The highest BCUT2D eigenvalue weighted by Gasteiger charge is 2.09. The monoisotopic (exact) mass is 252 g/mol. The van der Waals surface area contributed by atoms with Crippen LogP contribution in [-0.2, 0) is 4.79 Å². The first kappa shape index (κ1) is 14.1. The van der Waals surface area contributed by atoms with Crippen molar-refractivity contribution in [1.29, 1.82) is 0 Å². The number of thioether (sulfide) groups is 1. The molecule has 1 atom stereocenters. The minimum Gasteiger partial charge on any atom is -0.358 e. The van der Waals surface area contributed by atoms with Gasteiger partial charge in [0.05, 0.1) is 5.75 Å². The lowest BCUT2D eigenvalue weighted by Crippen LogP contribution is -2.21. The molecule has 4 heteroatoms. The van der Waals surface area contributed by atoms with Crippen LogP contribution < -0.4 is 11.1 Å². The van der Waals surface area contributed by atoms with Crippen molar-refractivity contribution in [2.24, 2.45) is 5.73 Å². The number of amides is 1. The van der Waals surface area contributed by atoms with Gasteiger partial charge < -0.3 is 11.1 Å². The number of rotatable bonds is 5. The van der Waals surface area contributed by atoms with Crippen LogP contribution in [0.4, 0.5) is 0 Å². The summed E-state index contributed by atoms with van der Waals surface area (Å²) in [5, 5.41) is 2.60. The molecule has 1 unspecified atom stereocenters. The van der Waals surface area contributed by atoms with Crippen molar-refractivity contribution in [3.05, 3.63) is 34.9 Å². The lowest BCUT2D eigenvalue weighted by molar-refractivity contribution is -0.118. The van der Waals surface area contributed by atoms with Gasteiger partial charge in [-0.1, -0.05) is 23.8 Å². The summed E-state index contributed by atoms with van der Waals surface area (Å²) < 4.78 is 0. The van der Waals surface area contributed by atoms with Gasteiger partial charge >= 0.3 is 0 Å². The summed E-state index contributed by atoms with van der Waals surface area (Å²) >= 11 is 1.56. The molecule has 0 fully saturated rings. The van der Waals surface area contributed by atoms with Crippen molar-refractivity contribution >= 4 is 17.7 Å². The minimum absolute atomic E-state index is 0.00902. The van der Waals surface area contributed by atoms with E-state index in [9.17, 15) is 4.79 Å². The van der Waals surface area contributed by atoms with Gasteiger partial charge in [0.15, 0.2) is 0 Å². The van der Waals surface area contributed by atoms with Crippen molar-refractivity contribution in [2.45, 2.75) is 19.9 Å². The highest BCUT2D eigenvalue weighted by molar-refractivity contribution is 7.99. The molecule has 0 saturated carbocycles. The largest absolute Gasteiger partial charge is 0.358 e. The van der Waals surface area contributed by atoms with Crippen LogP contribution in [0.15, 0.2) is 18.2 Å². The molecule has 0 spiro atoms. The van der Waals surface area contributed by atoms with Crippen LogP contribution in [0.25, 0.3) is 0 Å². The van der Waals surface area contributed by atoms with Gasteiger partial charge in [-0.2, -0.15) is 11.8 Å². The van der Waals surface area contributed by atoms with E-state index in [1.165, 1.54) is 16.7 Å². The fourth-order valence-corrected chi connectivity index (χ4v) is 2.56. The summed E-state index contributed by atoms with van der Waals surface area (Å²) in [6.07, 6.45) is 0. The highest BCUT2D eigenvalue weighted by atomic mass is 32.2. The summed E-state index contributed by atoms with van der Waals surface area (Å²) in [5.74, 6) is 1.27. The molecule has 0 aliphatic carbocycles. The fourth-order valence-electron chi connectivity index (χ4n) is 1.68. The van der Waals surface area contributed by atoms with E-state index < -0.39 is 0 Å². The van der Waals surface area contributed by atoms with Crippen LogP contribution >= 0.6 is 11.8 Å². The van der Waals surface area contributed by atoms with Gasteiger partial charge in [-0.3, -0.25) is 4.79 Å². The molecule has 0 aliphatic heterocycles. The molecule has 94 valence electrons. The Balaban J connectivity index is 2.52. The standard InChI is InChI=1S/C13H20N2OS/c1-9-4-5-11(10(2)6-9)12(14)7-17-8-13(16)15-3/h4-6,12H,7-8,14H2,1-3H3,(H,15,16). The number of carbonyl (C=O) groups is 1. The van der Waals surface area contributed by atoms with Crippen LogP contribution in [0.3, 0.4) is 0 Å². The van der Waals surface area contributed by atoms with E-state index in [-0.39, 0.29) is 11.9 Å². The molecular formula is C13H20N2OS. The molecule has 0 saturated heterocycles. The maximum Gasteiger partial charge on any atom is 0.229 e. The molecule has 17 heavy (non-hydrogen) atoms. The third kappa shape index (κ3) is 4.40. The summed E-state index contributed by atoms with van der Waals surface area (Å²) in [6.45, 7) is 4.15. The Morgan fingerprint density at radius 2 is 2.18 bits per heavy atom. The van der Waals surface area contributed by atoms with Crippen LogP contribution in [-0.4, -0.2) is 24.5 Å². The van der Waals surface area contributed by atoms with Gasteiger partial charge in [0.2, 0.25) is 5.91 Å². The number of benzene rings is 1. The number of hydrogen-bond donors (Lipinski definition) is 2. The predicted molar refractivity (Wildman–Crippen MR) is 74.2 cm³/mol. The first-order valence-corrected chi connectivity index (χ1v) is 6.81. The summed E-state index contributed by atoms with van der Waals surface area (Å²) in [7, 11) is 1.65. The predicted octanol–water partition coefficient (Wildman–Crippen LogP) is 1.78. The zero-order valence-electron chi connectivity index (χ0n) is 10.6. The Labute approximate surface area is 107 Å². The number of nitrogens with two attached hydrogens (primary N) is 1. The van der Waals surface area contributed by atoms with Crippen molar-refractivity contribution in [2.75, 3.05) is 18.6 Å². The third-order valence-corrected chi connectivity index (χ3v) is 3.70. The zero-order chi connectivity index (χ0) is 12.8. The van der Waals surface area contributed by atoms with Gasteiger partial charge in [-0.15, -0.1) is 0 Å². The van der Waals surface area contributed by atoms with Crippen molar-refractivity contribution in [1.82, 2.24) is 5.32 Å². The molecule has 1 rings (SSSR count). The van der Waals surface area contributed by atoms with E-state index in [1.807, 2.05) is 0 Å². The molecule has 0 bridgehead atoms. The second kappa shape index (κ2) is 6.67. The van der Waals surface area contributed by atoms with Gasteiger partial charge in [-0.25, -0.2) is 0 Å². The Morgan fingerprint density at radius 3 is 2.76 bits per heavy atom. The third-order valence-electron chi connectivity index (χ3n) is 2.63. The molecule has 3 nitrogen and oxygen atoms in total. The Kier molecular flexibility index (Phi) is 5.51. The number of carbonyl (C=O) groups excluding carboxylic acids is 1. The smallest absolute Gasteiger partial charge is 0.229 e. The van der Waals surface area contributed by atoms with Gasteiger partial charge in [-0.05, 0) is 25.0 Å². The van der Waals surface area contributed by atoms with E-state index in [0.717, 1.165) is 5.75 Å². The van der Waals surface area contributed by atoms with E-state index in [2.05, 4.69) is 37.4 Å².